The maximum atomic E-state index is 4.72. The molecule has 2 rings (SSSR count). The minimum Gasteiger partial charge on any atom is -0.370 e. The summed E-state index contributed by atoms with van der Waals surface area (Å²) in [5.41, 5.74) is 2.40. The Hall–Kier alpha value is -0.770. The Morgan fingerprint density at radius 1 is 1.21 bits per heavy atom. The maximum Gasteiger partial charge on any atom is 0.140 e. The summed E-state index contributed by atoms with van der Waals surface area (Å²) < 4.78 is 0. The van der Waals surface area contributed by atoms with Gasteiger partial charge in [0.15, 0.2) is 0 Å². The first kappa shape index (κ1) is 14.6. The number of hydrogen-bond donors (Lipinski definition) is 1. The Kier molecular flexibility index (Phi) is 5.49. The van der Waals surface area contributed by atoms with Gasteiger partial charge in [0.1, 0.15) is 11.6 Å². The Balaban J connectivity index is 2.07. The number of nitrogens with one attached hydrogen (secondary N) is 1. The monoisotopic (exact) mass is 279 g/mol. The zero-order valence-electron chi connectivity index (χ0n) is 12.3. The first-order valence-electron chi connectivity index (χ1n) is 7.46. The van der Waals surface area contributed by atoms with Gasteiger partial charge in [0.25, 0.3) is 0 Å². The number of rotatable bonds is 6. The third-order valence-electron chi connectivity index (χ3n) is 3.72. The summed E-state index contributed by atoms with van der Waals surface area (Å²) in [5.74, 6) is 2.97. The van der Waals surface area contributed by atoms with Crippen molar-refractivity contribution >= 4 is 17.6 Å². The van der Waals surface area contributed by atoms with Crippen LogP contribution in [0.4, 0.5) is 5.82 Å². The first-order valence-corrected chi connectivity index (χ1v) is 8.51. The van der Waals surface area contributed by atoms with Crippen LogP contribution in [0, 0.1) is 6.92 Å². The van der Waals surface area contributed by atoms with E-state index in [2.05, 4.69) is 31.1 Å². The van der Waals surface area contributed by atoms with Gasteiger partial charge >= 0.3 is 0 Å². The van der Waals surface area contributed by atoms with Crippen LogP contribution in [-0.2, 0) is 12.2 Å². The molecule has 3 nitrogen and oxygen atoms in total. The van der Waals surface area contributed by atoms with Crippen LogP contribution in [0.25, 0.3) is 0 Å². The molecule has 0 aromatic carbocycles. The van der Waals surface area contributed by atoms with Crippen LogP contribution < -0.4 is 5.32 Å². The summed E-state index contributed by atoms with van der Waals surface area (Å²) in [5, 5.41) is 4.19. The first-order chi connectivity index (χ1) is 9.24. The van der Waals surface area contributed by atoms with Crippen LogP contribution in [0.1, 0.15) is 56.6 Å². The molecule has 0 atom stereocenters. The predicted octanol–water partition coefficient (Wildman–Crippen LogP) is 3.96. The zero-order valence-corrected chi connectivity index (χ0v) is 13.1. The normalized spacial score (nSPS) is 15.9. The summed E-state index contributed by atoms with van der Waals surface area (Å²) in [6, 6.07) is 0. The molecule has 4 heteroatoms. The van der Waals surface area contributed by atoms with Crippen LogP contribution in [0.3, 0.4) is 0 Å². The number of aromatic nitrogens is 2. The molecule has 19 heavy (non-hydrogen) atoms. The Bertz CT molecular complexity index is 414. The van der Waals surface area contributed by atoms with Crippen molar-refractivity contribution in [3.05, 3.63) is 17.1 Å². The van der Waals surface area contributed by atoms with E-state index in [1.165, 1.54) is 36.9 Å². The molecule has 1 aromatic heterocycles. The highest BCUT2D eigenvalue weighted by Gasteiger charge is 2.16. The van der Waals surface area contributed by atoms with Gasteiger partial charge in [-0.3, -0.25) is 0 Å². The molecule has 1 saturated carbocycles. The molecular formula is C15H25N3S. The Morgan fingerprint density at radius 3 is 2.58 bits per heavy atom. The van der Waals surface area contributed by atoms with Gasteiger partial charge in [-0.05, 0) is 33.1 Å². The van der Waals surface area contributed by atoms with Gasteiger partial charge in [0, 0.05) is 23.1 Å². The van der Waals surface area contributed by atoms with Crippen LogP contribution in [0.5, 0.6) is 0 Å². The summed E-state index contributed by atoms with van der Waals surface area (Å²) >= 11 is 2.04. The Labute approximate surface area is 121 Å². The SMILES string of the molecule is CCNc1nc(CSC2CCCC2)nc(CC)c1C. The van der Waals surface area contributed by atoms with E-state index in [-0.39, 0.29) is 0 Å². The molecule has 1 N–H and O–H groups in total. The molecule has 106 valence electrons. The third-order valence-corrected chi connectivity index (χ3v) is 5.09. The van der Waals surface area contributed by atoms with Gasteiger partial charge in [0.2, 0.25) is 0 Å². The molecular weight excluding hydrogens is 254 g/mol. The van der Waals surface area contributed by atoms with Gasteiger partial charge in [0.05, 0.1) is 5.75 Å². The molecule has 1 aliphatic carbocycles. The average Bonchev–Trinajstić information content (AvgIpc) is 2.93. The topological polar surface area (TPSA) is 37.8 Å². The molecule has 1 aliphatic rings. The standard InChI is InChI=1S/C15H25N3S/c1-4-13-11(3)15(16-5-2)18-14(17-13)10-19-12-8-6-7-9-12/h12H,4-10H2,1-3H3,(H,16,17,18). The lowest BCUT2D eigenvalue weighted by Crippen LogP contribution is -2.09. The van der Waals surface area contributed by atoms with Crippen molar-refractivity contribution in [3.63, 3.8) is 0 Å². The molecule has 1 aromatic rings. The van der Waals surface area contributed by atoms with Crippen LogP contribution in [-0.4, -0.2) is 21.8 Å². The maximum absolute atomic E-state index is 4.72. The minimum atomic E-state index is 0.831. The van der Waals surface area contributed by atoms with E-state index in [0.29, 0.717) is 0 Å². The lowest BCUT2D eigenvalue weighted by molar-refractivity contribution is 0.886. The van der Waals surface area contributed by atoms with Crippen molar-refractivity contribution in [1.29, 1.82) is 0 Å². The smallest absolute Gasteiger partial charge is 0.140 e. The molecule has 0 aliphatic heterocycles. The van der Waals surface area contributed by atoms with E-state index in [4.69, 9.17) is 4.98 Å². The number of anilines is 1. The Morgan fingerprint density at radius 2 is 1.95 bits per heavy atom. The van der Waals surface area contributed by atoms with Gasteiger partial charge in [-0.2, -0.15) is 11.8 Å². The fraction of sp³-hybridized carbons (Fsp3) is 0.733. The van der Waals surface area contributed by atoms with E-state index in [1.54, 1.807) is 0 Å². The molecule has 0 unspecified atom stereocenters. The van der Waals surface area contributed by atoms with Crippen LogP contribution >= 0.6 is 11.8 Å². The number of thioether (sulfide) groups is 1. The van der Waals surface area contributed by atoms with Crippen LogP contribution in [0.15, 0.2) is 0 Å². The molecule has 0 radical (unpaired) electrons. The quantitative estimate of drug-likeness (QED) is 0.855. The second-order valence-electron chi connectivity index (χ2n) is 5.16. The lowest BCUT2D eigenvalue weighted by Gasteiger charge is -2.13. The summed E-state index contributed by atoms with van der Waals surface area (Å²) in [6.45, 7) is 7.31. The van der Waals surface area contributed by atoms with Gasteiger partial charge in [-0.25, -0.2) is 9.97 Å². The third kappa shape index (κ3) is 3.85. The second-order valence-corrected chi connectivity index (χ2v) is 6.45. The highest BCUT2D eigenvalue weighted by molar-refractivity contribution is 7.99. The fourth-order valence-electron chi connectivity index (χ4n) is 2.61. The van der Waals surface area contributed by atoms with Gasteiger partial charge in [-0.1, -0.05) is 19.8 Å². The van der Waals surface area contributed by atoms with Crippen LogP contribution in [0.2, 0.25) is 0 Å². The number of nitrogens with zero attached hydrogens (tertiary/aromatic N) is 2. The van der Waals surface area contributed by atoms with E-state index in [1.807, 2.05) is 11.8 Å². The second kappa shape index (κ2) is 7.13. The average molecular weight is 279 g/mol. The van der Waals surface area contributed by atoms with Crippen molar-refractivity contribution in [1.82, 2.24) is 9.97 Å². The number of hydrogen-bond acceptors (Lipinski definition) is 4. The molecule has 0 bridgehead atoms. The summed E-state index contributed by atoms with van der Waals surface area (Å²) in [7, 11) is 0. The minimum absolute atomic E-state index is 0.831. The largest absolute Gasteiger partial charge is 0.370 e. The highest BCUT2D eigenvalue weighted by atomic mass is 32.2. The van der Waals surface area contributed by atoms with E-state index in [0.717, 1.165) is 35.6 Å². The predicted molar refractivity (Wildman–Crippen MR) is 83.9 cm³/mol. The molecule has 1 heterocycles. The molecule has 1 fully saturated rings. The van der Waals surface area contributed by atoms with Crippen molar-refractivity contribution in [3.8, 4) is 0 Å². The molecule has 0 amide bonds. The molecule has 0 saturated heterocycles. The van der Waals surface area contributed by atoms with Gasteiger partial charge < -0.3 is 5.32 Å². The highest BCUT2D eigenvalue weighted by Crippen LogP contribution is 2.31. The van der Waals surface area contributed by atoms with E-state index >= 15 is 0 Å². The zero-order chi connectivity index (χ0) is 13.7. The van der Waals surface area contributed by atoms with Crippen molar-refractivity contribution in [2.24, 2.45) is 0 Å². The molecule has 0 spiro atoms. The van der Waals surface area contributed by atoms with Crippen molar-refractivity contribution in [2.45, 2.75) is 63.9 Å². The summed E-state index contributed by atoms with van der Waals surface area (Å²) in [4.78, 5) is 9.41. The van der Waals surface area contributed by atoms with Crippen molar-refractivity contribution in [2.75, 3.05) is 11.9 Å². The van der Waals surface area contributed by atoms with Gasteiger partial charge in [-0.15, -0.1) is 0 Å². The number of aryl methyl sites for hydroxylation is 1. The summed E-state index contributed by atoms with van der Waals surface area (Å²) in [6.07, 6.45) is 6.52. The fourth-order valence-corrected chi connectivity index (χ4v) is 3.79. The van der Waals surface area contributed by atoms with Crippen molar-refractivity contribution < 1.29 is 0 Å². The van der Waals surface area contributed by atoms with E-state index < -0.39 is 0 Å². The lowest BCUT2D eigenvalue weighted by atomic mass is 10.2. The van der Waals surface area contributed by atoms with E-state index in [9.17, 15) is 0 Å².